The van der Waals surface area contributed by atoms with E-state index >= 15 is 0 Å². The summed E-state index contributed by atoms with van der Waals surface area (Å²) in [6.45, 7) is 2.39. The van der Waals surface area contributed by atoms with E-state index in [0.717, 1.165) is 0 Å². The molecule has 146 valence electrons. The molecule has 1 saturated carbocycles. The van der Waals surface area contributed by atoms with Crippen molar-refractivity contribution in [3.63, 3.8) is 0 Å². The molecular formula is C18H25F4N3O. The average Bonchev–Trinajstić information content (AvgIpc) is 2.59. The molecule has 0 bridgehead atoms. The molecule has 1 aliphatic carbocycles. The van der Waals surface area contributed by atoms with Crippen LogP contribution in [0.5, 0.6) is 0 Å². The Hall–Kier alpha value is -1.83. The Morgan fingerprint density at radius 1 is 1.23 bits per heavy atom. The van der Waals surface area contributed by atoms with Gasteiger partial charge in [0.2, 0.25) is 0 Å². The summed E-state index contributed by atoms with van der Waals surface area (Å²) in [5.74, 6) is -1.32. The van der Waals surface area contributed by atoms with Gasteiger partial charge >= 0.3 is 6.18 Å². The Morgan fingerprint density at radius 2 is 1.88 bits per heavy atom. The summed E-state index contributed by atoms with van der Waals surface area (Å²) in [6.07, 6.45) is -4.22. The van der Waals surface area contributed by atoms with Crippen LogP contribution < -0.4 is 10.6 Å². The fourth-order valence-electron chi connectivity index (χ4n) is 3.10. The van der Waals surface area contributed by atoms with Gasteiger partial charge in [-0.2, -0.15) is 13.2 Å². The molecule has 1 atom stereocenters. The quantitative estimate of drug-likeness (QED) is 0.419. The van der Waals surface area contributed by atoms with Gasteiger partial charge in [0.1, 0.15) is 11.9 Å². The second kappa shape index (κ2) is 9.21. The molecule has 0 saturated heterocycles. The van der Waals surface area contributed by atoms with Crippen molar-refractivity contribution in [3.8, 4) is 0 Å². The maximum Gasteiger partial charge on any atom is 0.391 e. The molecule has 2 rings (SSSR count). The zero-order valence-corrected chi connectivity index (χ0v) is 14.7. The van der Waals surface area contributed by atoms with Crippen LogP contribution in [-0.2, 0) is 0 Å². The van der Waals surface area contributed by atoms with Crippen LogP contribution in [0.4, 0.5) is 17.6 Å². The maximum absolute atomic E-state index is 13.7. The number of halogens is 4. The predicted octanol–water partition coefficient (Wildman–Crippen LogP) is 3.54. The van der Waals surface area contributed by atoms with E-state index in [-0.39, 0.29) is 31.0 Å². The lowest BCUT2D eigenvalue weighted by atomic mass is 9.85. The molecule has 1 fully saturated rings. The monoisotopic (exact) mass is 375 g/mol. The lowest BCUT2D eigenvalue weighted by Gasteiger charge is -2.31. The zero-order chi connectivity index (χ0) is 19.2. The Balaban J connectivity index is 1.92. The van der Waals surface area contributed by atoms with Crippen LogP contribution in [0.2, 0.25) is 0 Å². The van der Waals surface area contributed by atoms with Crippen molar-refractivity contribution < 1.29 is 22.7 Å². The molecule has 26 heavy (non-hydrogen) atoms. The second-order valence-corrected chi connectivity index (χ2v) is 6.49. The van der Waals surface area contributed by atoms with Crippen LogP contribution in [0.1, 0.15) is 44.3 Å². The molecule has 8 heteroatoms. The topological polar surface area (TPSA) is 56.7 Å². The van der Waals surface area contributed by atoms with E-state index in [1.165, 1.54) is 18.2 Å². The standard InChI is InChI=1S/C18H25F4N3O/c1-2-23-17(24-11-16(26)14-5-3-4-6-15(14)19)25-13-9-7-12(8-10-13)18(20,21)22/h3-6,12-13,16,26H,2,7-11H2,1H3,(H2,23,24,25). The van der Waals surface area contributed by atoms with E-state index in [0.29, 0.717) is 25.3 Å². The molecule has 0 radical (unpaired) electrons. The zero-order valence-electron chi connectivity index (χ0n) is 14.7. The largest absolute Gasteiger partial charge is 0.391 e. The Morgan fingerprint density at radius 3 is 2.46 bits per heavy atom. The third kappa shape index (κ3) is 5.86. The second-order valence-electron chi connectivity index (χ2n) is 6.49. The highest BCUT2D eigenvalue weighted by Crippen LogP contribution is 2.37. The number of nitrogens with zero attached hydrogens (tertiary/aromatic N) is 1. The minimum atomic E-state index is -4.13. The summed E-state index contributed by atoms with van der Waals surface area (Å²) >= 11 is 0. The highest BCUT2D eigenvalue weighted by atomic mass is 19.4. The smallest absolute Gasteiger partial charge is 0.386 e. The van der Waals surface area contributed by atoms with Gasteiger partial charge in [-0.25, -0.2) is 4.39 Å². The normalized spacial score (nSPS) is 22.8. The summed E-state index contributed by atoms with van der Waals surface area (Å²) in [5.41, 5.74) is 0.165. The number of aliphatic imine (C=N–C) groups is 1. The molecular weight excluding hydrogens is 350 g/mol. The number of benzene rings is 1. The number of aliphatic hydroxyl groups excluding tert-OH is 1. The molecule has 3 N–H and O–H groups in total. The number of nitrogens with one attached hydrogen (secondary N) is 2. The van der Waals surface area contributed by atoms with Gasteiger partial charge in [-0.3, -0.25) is 4.99 Å². The third-order valence-electron chi connectivity index (χ3n) is 4.56. The Kier molecular flexibility index (Phi) is 7.25. The van der Waals surface area contributed by atoms with E-state index in [2.05, 4.69) is 15.6 Å². The summed E-state index contributed by atoms with van der Waals surface area (Å²) in [4.78, 5) is 4.25. The molecule has 1 aromatic carbocycles. The first-order chi connectivity index (χ1) is 12.3. The SMILES string of the molecule is CCNC(=NCC(O)c1ccccc1F)NC1CCC(C(F)(F)F)CC1. The van der Waals surface area contributed by atoms with Crippen LogP contribution in [0.25, 0.3) is 0 Å². The van der Waals surface area contributed by atoms with Gasteiger partial charge in [0.25, 0.3) is 0 Å². The number of alkyl halides is 3. The summed E-state index contributed by atoms with van der Waals surface area (Å²) in [7, 11) is 0. The van der Waals surface area contributed by atoms with Crippen molar-refractivity contribution in [2.75, 3.05) is 13.1 Å². The van der Waals surface area contributed by atoms with Crippen molar-refractivity contribution in [3.05, 3.63) is 35.6 Å². The molecule has 0 amide bonds. The van der Waals surface area contributed by atoms with Crippen molar-refractivity contribution in [2.45, 2.75) is 50.9 Å². The fraction of sp³-hybridized carbons (Fsp3) is 0.611. The van der Waals surface area contributed by atoms with E-state index in [1.807, 2.05) is 6.92 Å². The highest BCUT2D eigenvalue weighted by Gasteiger charge is 2.41. The highest BCUT2D eigenvalue weighted by molar-refractivity contribution is 5.80. The van der Waals surface area contributed by atoms with Crippen LogP contribution in [0.15, 0.2) is 29.3 Å². The van der Waals surface area contributed by atoms with Gasteiger partial charge < -0.3 is 15.7 Å². The van der Waals surface area contributed by atoms with Crippen LogP contribution in [0.3, 0.4) is 0 Å². The first-order valence-corrected chi connectivity index (χ1v) is 8.85. The molecule has 1 unspecified atom stereocenters. The van der Waals surface area contributed by atoms with E-state index < -0.39 is 24.0 Å². The number of aliphatic hydroxyl groups is 1. The van der Waals surface area contributed by atoms with Gasteiger partial charge in [0.15, 0.2) is 5.96 Å². The van der Waals surface area contributed by atoms with Crippen LogP contribution >= 0.6 is 0 Å². The van der Waals surface area contributed by atoms with E-state index in [4.69, 9.17) is 0 Å². The Bertz CT molecular complexity index is 598. The lowest BCUT2D eigenvalue weighted by Crippen LogP contribution is -2.46. The molecule has 0 aliphatic heterocycles. The van der Waals surface area contributed by atoms with Crippen LogP contribution in [-0.4, -0.2) is 36.4 Å². The van der Waals surface area contributed by atoms with Crippen molar-refractivity contribution in [1.29, 1.82) is 0 Å². The van der Waals surface area contributed by atoms with Gasteiger partial charge in [0.05, 0.1) is 12.5 Å². The molecule has 1 aliphatic rings. The lowest BCUT2D eigenvalue weighted by molar-refractivity contribution is -0.182. The number of rotatable bonds is 5. The first-order valence-electron chi connectivity index (χ1n) is 8.85. The summed E-state index contributed by atoms with van der Waals surface area (Å²) in [5, 5.41) is 16.2. The Labute approximate surface area is 150 Å². The number of guanidine groups is 1. The summed E-state index contributed by atoms with van der Waals surface area (Å²) < 4.78 is 51.9. The molecule has 1 aromatic rings. The molecule has 0 aromatic heterocycles. The van der Waals surface area contributed by atoms with Crippen LogP contribution in [0, 0.1) is 11.7 Å². The molecule has 0 spiro atoms. The van der Waals surface area contributed by atoms with Gasteiger partial charge in [-0.15, -0.1) is 0 Å². The van der Waals surface area contributed by atoms with Crippen molar-refractivity contribution >= 4 is 5.96 Å². The third-order valence-corrected chi connectivity index (χ3v) is 4.56. The first kappa shape index (κ1) is 20.5. The van der Waals surface area contributed by atoms with E-state index in [9.17, 15) is 22.7 Å². The average molecular weight is 375 g/mol. The number of hydrogen-bond acceptors (Lipinski definition) is 2. The van der Waals surface area contributed by atoms with Gasteiger partial charge in [-0.05, 0) is 38.7 Å². The fourth-order valence-corrected chi connectivity index (χ4v) is 3.10. The number of hydrogen-bond donors (Lipinski definition) is 3. The maximum atomic E-state index is 13.7. The van der Waals surface area contributed by atoms with Gasteiger partial charge in [-0.1, -0.05) is 18.2 Å². The summed E-state index contributed by atoms with van der Waals surface area (Å²) in [6, 6.07) is 5.84. The van der Waals surface area contributed by atoms with E-state index in [1.54, 1.807) is 6.07 Å². The van der Waals surface area contributed by atoms with Crippen molar-refractivity contribution in [2.24, 2.45) is 10.9 Å². The minimum absolute atomic E-state index is 0.0475. The van der Waals surface area contributed by atoms with Gasteiger partial charge in [0, 0.05) is 18.2 Å². The van der Waals surface area contributed by atoms with Crippen molar-refractivity contribution in [1.82, 2.24) is 10.6 Å². The predicted molar refractivity (Wildman–Crippen MR) is 92.3 cm³/mol. The minimum Gasteiger partial charge on any atom is -0.386 e. The molecule has 0 heterocycles. The molecule has 4 nitrogen and oxygen atoms in total.